The molecule has 0 aromatic carbocycles. The van der Waals surface area contributed by atoms with Crippen molar-refractivity contribution >= 4 is 5.97 Å². The van der Waals surface area contributed by atoms with Crippen molar-refractivity contribution in [3.8, 4) is 0 Å². The molecule has 72 valence electrons. The number of hydrogen-bond donors (Lipinski definition) is 2. The van der Waals surface area contributed by atoms with Gasteiger partial charge in [0.1, 0.15) is 6.04 Å². The predicted octanol–water partition coefficient (Wildman–Crippen LogP) is 1.48. The first-order chi connectivity index (χ1) is 6.11. The zero-order chi connectivity index (χ0) is 10.3. The molecule has 0 spiro atoms. The minimum Gasteiger partial charge on any atom is -0.480 e. The highest BCUT2D eigenvalue weighted by molar-refractivity contribution is 5.73. The van der Waals surface area contributed by atoms with Gasteiger partial charge in [-0.2, -0.15) is 0 Å². The number of carboxylic acids is 1. The molecular weight excluding hydrogens is 166 g/mol. The number of hydrogen-bond acceptors (Lipinski definition) is 2. The normalized spacial score (nSPS) is 14.5. The summed E-state index contributed by atoms with van der Waals surface area (Å²) in [5.74, 6) is -0.987. The Morgan fingerprint density at radius 3 is 2.69 bits per heavy atom. The smallest absolute Gasteiger partial charge is 0.320 e. The molecule has 3 nitrogen and oxygen atoms in total. The van der Waals surface area contributed by atoms with Gasteiger partial charge in [-0.15, -0.1) is 0 Å². The molecule has 0 radical (unpaired) electrons. The van der Waals surface area contributed by atoms with E-state index in [2.05, 4.69) is 6.58 Å². The third kappa shape index (κ3) is 4.98. The molecule has 0 saturated carbocycles. The molecule has 0 aliphatic heterocycles. The minimum atomic E-state index is -0.987. The fraction of sp³-hybridized carbons (Fsp3) is 0.300. The van der Waals surface area contributed by atoms with Gasteiger partial charge in [0.05, 0.1) is 0 Å². The predicted molar refractivity (Wildman–Crippen MR) is 53.3 cm³/mol. The first-order valence-corrected chi connectivity index (χ1v) is 4.04. The fourth-order valence-corrected chi connectivity index (χ4v) is 0.898. The van der Waals surface area contributed by atoms with Gasteiger partial charge in [-0.1, -0.05) is 30.9 Å². The van der Waals surface area contributed by atoms with Crippen molar-refractivity contribution in [1.29, 1.82) is 0 Å². The Hall–Kier alpha value is -1.35. The molecule has 0 aromatic rings. The van der Waals surface area contributed by atoms with Crippen LogP contribution in [0.4, 0.5) is 0 Å². The maximum Gasteiger partial charge on any atom is 0.320 e. The summed E-state index contributed by atoms with van der Waals surface area (Å²) in [6, 6.07) is -0.845. The van der Waals surface area contributed by atoms with E-state index in [0.29, 0.717) is 6.42 Å². The van der Waals surface area contributed by atoms with E-state index in [9.17, 15) is 4.79 Å². The van der Waals surface area contributed by atoms with Crippen molar-refractivity contribution in [3.05, 3.63) is 36.5 Å². The summed E-state index contributed by atoms with van der Waals surface area (Å²) in [4.78, 5) is 10.4. The van der Waals surface area contributed by atoms with Crippen LogP contribution < -0.4 is 5.73 Å². The van der Waals surface area contributed by atoms with Crippen molar-refractivity contribution < 1.29 is 9.90 Å². The highest BCUT2D eigenvalue weighted by atomic mass is 16.4. The second-order valence-electron chi connectivity index (χ2n) is 2.63. The number of nitrogens with two attached hydrogens (primary N) is 1. The Balaban J connectivity index is 4.34. The third-order valence-corrected chi connectivity index (χ3v) is 1.49. The summed E-state index contributed by atoms with van der Waals surface area (Å²) in [5.41, 5.74) is 6.24. The fourth-order valence-electron chi connectivity index (χ4n) is 0.898. The number of aliphatic carboxylic acids is 1. The monoisotopic (exact) mass is 181 g/mol. The van der Waals surface area contributed by atoms with Crippen LogP contribution in [-0.2, 0) is 4.79 Å². The molecule has 0 fully saturated rings. The third-order valence-electron chi connectivity index (χ3n) is 1.49. The van der Waals surface area contributed by atoms with Crippen LogP contribution in [-0.4, -0.2) is 17.1 Å². The second kappa shape index (κ2) is 6.20. The summed E-state index contributed by atoms with van der Waals surface area (Å²) in [5, 5.41) is 8.57. The van der Waals surface area contributed by atoms with Gasteiger partial charge in [0.25, 0.3) is 0 Å². The topological polar surface area (TPSA) is 63.3 Å². The Kier molecular flexibility index (Phi) is 5.55. The van der Waals surface area contributed by atoms with E-state index in [-0.39, 0.29) is 0 Å². The highest BCUT2D eigenvalue weighted by Crippen LogP contribution is 2.06. The van der Waals surface area contributed by atoms with E-state index >= 15 is 0 Å². The van der Waals surface area contributed by atoms with E-state index in [1.807, 2.05) is 19.1 Å². The molecule has 0 amide bonds. The Morgan fingerprint density at radius 2 is 2.31 bits per heavy atom. The molecule has 3 heteroatoms. The van der Waals surface area contributed by atoms with Gasteiger partial charge in [-0.05, 0) is 18.9 Å². The zero-order valence-electron chi connectivity index (χ0n) is 7.73. The Labute approximate surface area is 78.3 Å². The van der Waals surface area contributed by atoms with Crippen LogP contribution in [0, 0.1) is 0 Å². The summed E-state index contributed by atoms with van der Waals surface area (Å²) < 4.78 is 0. The van der Waals surface area contributed by atoms with Gasteiger partial charge >= 0.3 is 5.97 Å². The lowest BCUT2D eigenvalue weighted by molar-refractivity contribution is -0.138. The number of allylic oxidation sites excluding steroid dienone is 4. The van der Waals surface area contributed by atoms with Crippen molar-refractivity contribution in [3.63, 3.8) is 0 Å². The maximum atomic E-state index is 10.4. The van der Waals surface area contributed by atoms with Crippen molar-refractivity contribution in [2.75, 3.05) is 0 Å². The second-order valence-corrected chi connectivity index (χ2v) is 2.63. The molecule has 3 N–H and O–H groups in total. The summed E-state index contributed by atoms with van der Waals surface area (Å²) >= 11 is 0. The first-order valence-electron chi connectivity index (χ1n) is 4.04. The van der Waals surface area contributed by atoms with Crippen molar-refractivity contribution in [1.82, 2.24) is 0 Å². The standard InChI is InChI=1S/C10H15NO2/c1-3-5-8(6-4-2)7-9(11)10(12)13/h3-6,9H,1,7,11H2,2H3,(H,12,13)/b6-4-,8-5+. The molecule has 0 aromatic heterocycles. The summed E-state index contributed by atoms with van der Waals surface area (Å²) in [6.07, 6.45) is 7.35. The Bertz CT molecular complexity index is 241. The molecule has 1 unspecified atom stereocenters. The molecule has 13 heavy (non-hydrogen) atoms. The molecule has 0 aliphatic rings. The summed E-state index contributed by atoms with van der Waals surface area (Å²) in [7, 11) is 0. The lowest BCUT2D eigenvalue weighted by Crippen LogP contribution is -2.30. The van der Waals surface area contributed by atoms with Crippen LogP contribution in [0.15, 0.2) is 36.5 Å². The van der Waals surface area contributed by atoms with E-state index in [4.69, 9.17) is 10.8 Å². The lowest BCUT2D eigenvalue weighted by atomic mass is 10.1. The van der Waals surface area contributed by atoms with Crippen LogP contribution in [0.25, 0.3) is 0 Å². The van der Waals surface area contributed by atoms with Crippen molar-refractivity contribution in [2.24, 2.45) is 5.73 Å². The number of rotatable bonds is 5. The van der Waals surface area contributed by atoms with E-state index < -0.39 is 12.0 Å². The van der Waals surface area contributed by atoms with Crippen molar-refractivity contribution in [2.45, 2.75) is 19.4 Å². The lowest BCUT2D eigenvalue weighted by Gasteiger charge is -2.06. The Morgan fingerprint density at radius 1 is 1.69 bits per heavy atom. The maximum absolute atomic E-state index is 10.4. The molecule has 0 saturated heterocycles. The van der Waals surface area contributed by atoms with Crippen LogP contribution in [0.1, 0.15) is 13.3 Å². The summed E-state index contributed by atoms with van der Waals surface area (Å²) in [6.45, 7) is 5.40. The van der Waals surface area contributed by atoms with Gasteiger partial charge in [0.15, 0.2) is 0 Å². The van der Waals surface area contributed by atoms with Gasteiger partial charge in [0.2, 0.25) is 0 Å². The molecule has 0 aliphatic carbocycles. The SMILES string of the molecule is C=C/C=C(\C=C/C)CC(N)C(=O)O. The van der Waals surface area contributed by atoms with Crippen LogP contribution in [0.3, 0.4) is 0 Å². The van der Waals surface area contributed by atoms with E-state index in [1.54, 1.807) is 12.2 Å². The quantitative estimate of drug-likeness (QED) is 0.631. The number of carboxylic acid groups (broad SMARTS) is 1. The molecule has 0 heterocycles. The largest absolute Gasteiger partial charge is 0.480 e. The first kappa shape index (κ1) is 11.6. The van der Waals surface area contributed by atoms with Crippen LogP contribution >= 0.6 is 0 Å². The molecular formula is C10H15NO2. The van der Waals surface area contributed by atoms with Gasteiger partial charge in [-0.25, -0.2) is 0 Å². The highest BCUT2D eigenvalue weighted by Gasteiger charge is 2.11. The van der Waals surface area contributed by atoms with Gasteiger partial charge < -0.3 is 10.8 Å². The van der Waals surface area contributed by atoms with Gasteiger partial charge in [-0.3, -0.25) is 4.79 Å². The van der Waals surface area contributed by atoms with E-state index in [0.717, 1.165) is 5.57 Å². The van der Waals surface area contributed by atoms with Crippen LogP contribution in [0.5, 0.6) is 0 Å². The number of carbonyl (C=O) groups is 1. The van der Waals surface area contributed by atoms with E-state index in [1.165, 1.54) is 0 Å². The minimum absolute atomic E-state index is 0.325. The van der Waals surface area contributed by atoms with Gasteiger partial charge in [0, 0.05) is 0 Å². The average Bonchev–Trinajstić information content (AvgIpc) is 2.05. The average molecular weight is 181 g/mol. The molecule has 0 rings (SSSR count). The zero-order valence-corrected chi connectivity index (χ0v) is 7.73. The molecule has 1 atom stereocenters. The molecule has 0 bridgehead atoms. The van der Waals surface area contributed by atoms with Crippen LogP contribution in [0.2, 0.25) is 0 Å².